The first-order chi connectivity index (χ1) is 17.0. The molecule has 2 aliphatic heterocycles. The second kappa shape index (κ2) is 12.1. The molecule has 1 N–H and O–H groups in total. The molecule has 0 spiro atoms. The Bertz CT molecular complexity index is 1040. The van der Waals surface area contributed by atoms with Gasteiger partial charge < -0.3 is 19.9 Å². The Morgan fingerprint density at radius 2 is 1.80 bits per heavy atom. The molecule has 2 saturated heterocycles. The van der Waals surface area contributed by atoms with Crippen LogP contribution in [0.15, 0.2) is 48.5 Å². The fourth-order valence-corrected chi connectivity index (χ4v) is 5.37. The van der Waals surface area contributed by atoms with Crippen molar-refractivity contribution in [2.45, 2.75) is 26.2 Å². The summed E-state index contributed by atoms with van der Waals surface area (Å²) in [6.45, 7) is 4.85. The molecule has 2 heterocycles. The van der Waals surface area contributed by atoms with Crippen molar-refractivity contribution in [3.63, 3.8) is 0 Å². The molecule has 2 aliphatic rings. The Labute approximate surface area is 211 Å². The number of rotatable bonds is 7. The van der Waals surface area contributed by atoms with Crippen molar-refractivity contribution in [1.82, 2.24) is 9.80 Å². The van der Waals surface area contributed by atoms with E-state index in [1.54, 1.807) is 11.0 Å². The van der Waals surface area contributed by atoms with Gasteiger partial charge in [0.1, 0.15) is 5.75 Å². The Morgan fingerprint density at radius 1 is 1.03 bits per heavy atom. The summed E-state index contributed by atoms with van der Waals surface area (Å²) in [6.07, 6.45) is 1.83. The van der Waals surface area contributed by atoms with Crippen molar-refractivity contribution in [3.8, 4) is 5.75 Å². The van der Waals surface area contributed by atoms with Gasteiger partial charge in [0.2, 0.25) is 11.8 Å². The zero-order valence-electron chi connectivity index (χ0n) is 20.2. The number of nitrogens with zero attached hydrogens (tertiary/aromatic N) is 2. The van der Waals surface area contributed by atoms with E-state index >= 15 is 0 Å². The summed E-state index contributed by atoms with van der Waals surface area (Å²) in [4.78, 5) is 42.1. The number of para-hydroxylation sites is 1. The number of hydrogen-bond acceptors (Lipinski definition) is 5. The molecule has 7 nitrogen and oxygen atoms in total. The average molecular weight is 496 g/mol. The summed E-state index contributed by atoms with van der Waals surface area (Å²) >= 11 is 1.87. The van der Waals surface area contributed by atoms with Crippen LogP contribution in [0.2, 0.25) is 0 Å². The molecule has 35 heavy (non-hydrogen) atoms. The van der Waals surface area contributed by atoms with Crippen LogP contribution in [0.3, 0.4) is 0 Å². The Balaban J connectivity index is 1.28. The summed E-state index contributed by atoms with van der Waals surface area (Å²) in [6, 6.07) is 14.9. The summed E-state index contributed by atoms with van der Waals surface area (Å²) < 4.78 is 5.64. The van der Waals surface area contributed by atoms with Crippen molar-refractivity contribution in [2.24, 2.45) is 5.92 Å². The molecule has 8 heteroatoms. The van der Waals surface area contributed by atoms with Gasteiger partial charge in [-0.2, -0.15) is 11.8 Å². The first kappa shape index (κ1) is 25.1. The van der Waals surface area contributed by atoms with E-state index < -0.39 is 0 Å². The van der Waals surface area contributed by atoms with E-state index in [-0.39, 0.29) is 30.1 Å². The van der Waals surface area contributed by atoms with Gasteiger partial charge >= 0.3 is 0 Å². The zero-order chi connectivity index (χ0) is 24.6. The monoisotopic (exact) mass is 495 g/mol. The van der Waals surface area contributed by atoms with Gasteiger partial charge in [0, 0.05) is 48.9 Å². The number of amides is 3. The van der Waals surface area contributed by atoms with Crippen molar-refractivity contribution < 1.29 is 19.1 Å². The van der Waals surface area contributed by atoms with Gasteiger partial charge in [-0.25, -0.2) is 0 Å². The zero-order valence-corrected chi connectivity index (χ0v) is 21.0. The van der Waals surface area contributed by atoms with Gasteiger partial charge in [0.15, 0.2) is 0 Å². The Morgan fingerprint density at radius 3 is 2.54 bits per heavy atom. The molecule has 2 aromatic carbocycles. The summed E-state index contributed by atoms with van der Waals surface area (Å²) in [7, 11) is 0. The molecule has 3 amide bonds. The van der Waals surface area contributed by atoms with Crippen LogP contribution in [-0.2, 0) is 9.59 Å². The van der Waals surface area contributed by atoms with Crippen LogP contribution < -0.4 is 10.1 Å². The molecule has 0 bridgehead atoms. The fraction of sp³-hybridized carbons (Fsp3) is 0.444. The van der Waals surface area contributed by atoms with Crippen LogP contribution in [0.1, 0.15) is 35.2 Å². The number of nitrogens with one attached hydrogen (secondary N) is 1. The number of anilines is 1. The highest BCUT2D eigenvalue weighted by atomic mass is 32.2. The minimum atomic E-state index is -0.255. The Hall–Kier alpha value is -3.00. The maximum absolute atomic E-state index is 13.0. The van der Waals surface area contributed by atoms with E-state index in [1.165, 1.54) is 0 Å². The minimum Gasteiger partial charge on any atom is -0.493 e. The van der Waals surface area contributed by atoms with Crippen LogP contribution >= 0.6 is 11.8 Å². The van der Waals surface area contributed by atoms with Crippen LogP contribution in [0.4, 0.5) is 5.69 Å². The predicted molar refractivity (Wildman–Crippen MR) is 139 cm³/mol. The Kier molecular flexibility index (Phi) is 8.69. The van der Waals surface area contributed by atoms with Crippen molar-refractivity contribution in [2.75, 3.05) is 49.6 Å². The minimum absolute atomic E-state index is 0.00795. The van der Waals surface area contributed by atoms with Gasteiger partial charge in [0.25, 0.3) is 5.91 Å². The summed E-state index contributed by atoms with van der Waals surface area (Å²) in [5, 5.41) is 3.02. The van der Waals surface area contributed by atoms with Crippen LogP contribution in [0.5, 0.6) is 5.75 Å². The van der Waals surface area contributed by atoms with E-state index in [4.69, 9.17) is 4.74 Å². The van der Waals surface area contributed by atoms with Crippen molar-refractivity contribution in [1.29, 1.82) is 0 Å². The van der Waals surface area contributed by atoms with E-state index in [0.717, 1.165) is 48.7 Å². The highest BCUT2D eigenvalue weighted by molar-refractivity contribution is 7.99. The lowest BCUT2D eigenvalue weighted by Gasteiger charge is -2.32. The molecule has 4 rings (SSSR count). The van der Waals surface area contributed by atoms with E-state index in [1.807, 2.05) is 66.1 Å². The lowest BCUT2D eigenvalue weighted by molar-refractivity contribution is -0.135. The average Bonchev–Trinajstić information content (AvgIpc) is 2.90. The number of carbonyl (C=O) groups is 3. The molecule has 0 saturated carbocycles. The predicted octanol–water partition coefficient (Wildman–Crippen LogP) is 3.83. The second-order valence-corrected chi connectivity index (χ2v) is 10.2. The molecule has 186 valence electrons. The number of thioether (sulfide) groups is 1. The molecule has 1 atom stereocenters. The lowest BCUT2D eigenvalue weighted by atomic mass is 9.96. The number of carbonyl (C=O) groups excluding carboxylic acids is 3. The molecule has 2 aromatic rings. The second-order valence-electron chi connectivity index (χ2n) is 9.01. The first-order valence-electron chi connectivity index (χ1n) is 12.3. The number of ether oxygens (including phenoxy) is 1. The molecule has 0 aromatic heterocycles. The van der Waals surface area contributed by atoms with Gasteiger partial charge in [-0.3, -0.25) is 14.4 Å². The topological polar surface area (TPSA) is 79.0 Å². The molecule has 1 unspecified atom stereocenters. The third kappa shape index (κ3) is 6.78. The standard InChI is InChI=1S/C27H33N3O4S/c1-20-18-21(27(33)29-13-16-35-17-14-29)9-10-24(20)28-26(32)22-6-5-12-30(19-22)25(31)11-15-34-23-7-3-2-4-8-23/h2-4,7-10,18,22H,5-6,11-17,19H2,1H3,(H,28,32). The van der Waals surface area contributed by atoms with Crippen molar-refractivity contribution in [3.05, 3.63) is 59.7 Å². The highest BCUT2D eigenvalue weighted by Crippen LogP contribution is 2.23. The quantitative estimate of drug-likeness (QED) is 0.632. The van der Waals surface area contributed by atoms with Gasteiger partial charge in [0.05, 0.1) is 18.9 Å². The number of hydrogen-bond donors (Lipinski definition) is 1. The summed E-state index contributed by atoms with van der Waals surface area (Å²) in [5.41, 5.74) is 2.22. The van der Waals surface area contributed by atoms with Crippen molar-refractivity contribution >= 4 is 35.2 Å². The van der Waals surface area contributed by atoms with Gasteiger partial charge in [-0.1, -0.05) is 18.2 Å². The third-order valence-electron chi connectivity index (χ3n) is 6.50. The van der Waals surface area contributed by atoms with Crippen LogP contribution in [0.25, 0.3) is 0 Å². The molecule has 2 fully saturated rings. The largest absolute Gasteiger partial charge is 0.493 e. The fourth-order valence-electron chi connectivity index (χ4n) is 4.47. The van der Waals surface area contributed by atoms with Gasteiger partial charge in [-0.15, -0.1) is 0 Å². The van der Waals surface area contributed by atoms with E-state index in [0.29, 0.717) is 30.9 Å². The van der Waals surface area contributed by atoms with Crippen LogP contribution in [0, 0.1) is 12.8 Å². The van der Waals surface area contributed by atoms with Crippen LogP contribution in [-0.4, -0.2) is 71.8 Å². The highest BCUT2D eigenvalue weighted by Gasteiger charge is 2.29. The molecule has 0 radical (unpaired) electrons. The van der Waals surface area contributed by atoms with E-state index in [9.17, 15) is 14.4 Å². The normalized spacial score (nSPS) is 18.1. The number of piperidine rings is 1. The number of benzene rings is 2. The number of likely N-dealkylation sites (tertiary alicyclic amines) is 1. The maximum Gasteiger partial charge on any atom is 0.253 e. The molecular formula is C27H33N3O4S. The van der Waals surface area contributed by atoms with Gasteiger partial charge in [-0.05, 0) is 55.7 Å². The maximum atomic E-state index is 13.0. The molecule has 0 aliphatic carbocycles. The lowest BCUT2D eigenvalue weighted by Crippen LogP contribution is -2.44. The third-order valence-corrected chi connectivity index (χ3v) is 7.44. The van der Waals surface area contributed by atoms with E-state index in [2.05, 4.69) is 5.32 Å². The molecular weight excluding hydrogens is 462 g/mol. The first-order valence-corrected chi connectivity index (χ1v) is 13.4. The summed E-state index contributed by atoms with van der Waals surface area (Å²) in [5.74, 6) is 2.40. The SMILES string of the molecule is Cc1cc(C(=O)N2CCSCC2)ccc1NC(=O)C1CCCN(C(=O)CCOc2ccccc2)C1. The number of aryl methyl sites for hydroxylation is 1. The smallest absolute Gasteiger partial charge is 0.253 e.